The molecule has 0 heterocycles. The van der Waals surface area contributed by atoms with Gasteiger partial charge >= 0.3 is 0 Å². The van der Waals surface area contributed by atoms with Crippen LogP contribution >= 0.6 is 0 Å². The van der Waals surface area contributed by atoms with E-state index >= 15 is 0 Å². The quantitative estimate of drug-likeness (QED) is 0.563. The number of aryl methyl sites for hydroxylation is 2. The van der Waals surface area contributed by atoms with E-state index in [1.54, 1.807) is 36.4 Å². The maximum atomic E-state index is 13.4. The van der Waals surface area contributed by atoms with Crippen molar-refractivity contribution in [3.05, 3.63) is 59.7 Å². The average molecular weight is 445 g/mol. The van der Waals surface area contributed by atoms with Gasteiger partial charge in [0.2, 0.25) is 5.91 Å². The third-order valence-corrected chi connectivity index (χ3v) is 7.31. The van der Waals surface area contributed by atoms with Crippen molar-refractivity contribution in [3.63, 3.8) is 0 Å². The summed E-state index contributed by atoms with van der Waals surface area (Å²) < 4.78 is 33.7. The topological polar surface area (TPSA) is 75.7 Å². The Morgan fingerprint density at radius 3 is 2.48 bits per heavy atom. The van der Waals surface area contributed by atoms with Crippen molar-refractivity contribution < 1.29 is 17.9 Å². The molecule has 1 aliphatic rings. The zero-order valence-corrected chi connectivity index (χ0v) is 19.2. The van der Waals surface area contributed by atoms with Crippen LogP contribution in [0.2, 0.25) is 0 Å². The van der Waals surface area contributed by atoms with Gasteiger partial charge < -0.3 is 10.1 Å². The molecule has 0 radical (unpaired) electrons. The number of carbonyl (C=O) groups is 1. The van der Waals surface area contributed by atoms with E-state index in [1.165, 1.54) is 17.1 Å². The van der Waals surface area contributed by atoms with E-state index in [0.717, 1.165) is 24.0 Å². The van der Waals surface area contributed by atoms with Crippen LogP contribution in [-0.4, -0.2) is 40.1 Å². The van der Waals surface area contributed by atoms with Crippen molar-refractivity contribution in [1.82, 2.24) is 5.32 Å². The molecule has 0 saturated heterocycles. The number of hydrogen-bond acceptors (Lipinski definition) is 4. The second-order valence-corrected chi connectivity index (χ2v) is 9.96. The molecule has 7 heteroatoms. The molecule has 0 spiro atoms. The number of anilines is 1. The minimum atomic E-state index is -3.88. The van der Waals surface area contributed by atoms with E-state index < -0.39 is 10.0 Å². The lowest BCUT2D eigenvalue weighted by Crippen LogP contribution is -2.41. The summed E-state index contributed by atoms with van der Waals surface area (Å²) in [4.78, 5) is 12.8. The van der Waals surface area contributed by atoms with Crippen LogP contribution in [0.4, 0.5) is 5.69 Å². The molecule has 1 aliphatic carbocycles. The van der Waals surface area contributed by atoms with Gasteiger partial charge in [-0.2, -0.15) is 0 Å². The van der Waals surface area contributed by atoms with Crippen LogP contribution in [0.15, 0.2) is 53.4 Å². The Morgan fingerprint density at radius 2 is 1.81 bits per heavy atom. The molecule has 2 aromatic carbocycles. The van der Waals surface area contributed by atoms with Crippen LogP contribution in [0.3, 0.4) is 0 Å². The van der Waals surface area contributed by atoms with Gasteiger partial charge in [-0.3, -0.25) is 9.10 Å². The Morgan fingerprint density at radius 1 is 1.10 bits per heavy atom. The Kier molecular flexibility index (Phi) is 8.09. The summed E-state index contributed by atoms with van der Waals surface area (Å²) in [5.74, 6) is -0.333. The highest BCUT2D eigenvalue weighted by molar-refractivity contribution is 7.92. The summed E-state index contributed by atoms with van der Waals surface area (Å²) in [6, 6.07) is 13.7. The predicted octanol–water partition coefficient (Wildman–Crippen LogP) is 3.96. The molecule has 31 heavy (non-hydrogen) atoms. The lowest BCUT2D eigenvalue weighted by Gasteiger charge is -2.26. The fourth-order valence-electron chi connectivity index (χ4n) is 3.90. The Hall–Kier alpha value is -2.38. The number of nitrogens with one attached hydrogen (secondary N) is 1. The van der Waals surface area contributed by atoms with Gasteiger partial charge in [-0.25, -0.2) is 8.42 Å². The van der Waals surface area contributed by atoms with Crippen molar-refractivity contribution >= 4 is 21.6 Å². The van der Waals surface area contributed by atoms with Gasteiger partial charge in [-0.05, 0) is 56.9 Å². The van der Waals surface area contributed by atoms with Crippen molar-refractivity contribution in [1.29, 1.82) is 0 Å². The van der Waals surface area contributed by atoms with Gasteiger partial charge in [-0.1, -0.05) is 48.7 Å². The van der Waals surface area contributed by atoms with Gasteiger partial charge in [0, 0.05) is 13.2 Å². The predicted molar refractivity (Wildman–Crippen MR) is 123 cm³/mol. The molecule has 3 rings (SSSR count). The molecule has 1 amide bonds. The van der Waals surface area contributed by atoms with Crippen LogP contribution in [0.25, 0.3) is 0 Å². The Balaban J connectivity index is 1.67. The number of nitrogens with zero attached hydrogens (tertiary/aromatic N) is 1. The second-order valence-electron chi connectivity index (χ2n) is 8.10. The smallest absolute Gasteiger partial charge is 0.264 e. The third-order valence-electron chi connectivity index (χ3n) is 5.54. The number of rotatable bonds is 10. The van der Waals surface area contributed by atoms with E-state index in [0.29, 0.717) is 31.4 Å². The zero-order valence-electron chi connectivity index (χ0n) is 18.3. The standard InChI is InChI=1S/C24H32N2O4S/c1-19-13-14-23(20(2)17-19)26(31(28,29)22-11-4-3-5-12-22)18-24(27)25-15-8-16-30-21-9-6-7-10-21/h3-5,11-14,17,21H,6-10,15-16,18H2,1-2H3,(H,25,27). The lowest BCUT2D eigenvalue weighted by molar-refractivity contribution is -0.119. The first-order chi connectivity index (χ1) is 14.9. The maximum Gasteiger partial charge on any atom is 0.264 e. The molecule has 0 unspecified atom stereocenters. The Labute approximate surface area is 185 Å². The van der Waals surface area contributed by atoms with Gasteiger partial charge in [0.25, 0.3) is 10.0 Å². The molecule has 2 aromatic rings. The van der Waals surface area contributed by atoms with E-state index in [1.807, 2.05) is 26.0 Å². The summed E-state index contributed by atoms with van der Waals surface area (Å²) in [7, 11) is -3.88. The summed E-state index contributed by atoms with van der Waals surface area (Å²) >= 11 is 0. The number of amides is 1. The van der Waals surface area contributed by atoms with E-state index in [2.05, 4.69) is 5.32 Å². The molecule has 1 N–H and O–H groups in total. The first-order valence-electron chi connectivity index (χ1n) is 10.9. The molecule has 0 aromatic heterocycles. The van der Waals surface area contributed by atoms with Crippen molar-refractivity contribution in [3.8, 4) is 0 Å². The molecule has 1 fully saturated rings. The molecule has 1 saturated carbocycles. The van der Waals surface area contributed by atoms with Crippen molar-refractivity contribution in [2.75, 3.05) is 24.0 Å². The SMILES string of the molecule is Cc1ccc(N(CC(=O)NCCCOC2CCCC2)S(=O)(=O)c2ccccc2)c(C)c1. The fraction of sp³-hybridized carbons (Fsp3) is 0.458. The van der Waals surface area contributed by atoms with Gasteiger partial charge in [0.05, 0.1) is 16.7 Å². The first kappa shape index (κ1) is 23.3. The molecular weight excluding hydrogens is 412 g/mol. The van der Waals surface area contributed by atoms with Crippen LogP contribution < -0.4 is 9.62 Å². The van der Waals surface area contributed by atoms with E-state index in [9.17, 15) is 13.2 Å². The molecule has 0 atom stereocenters. The highest BCUT2D eigenvalue weighted by atomic mass is 32.2. The van der Waals surface area contributed by atoms with Crippen LogP contribution in [0.5, 0.6) is 0 Å². The summed E-state index contributed by atoms with van der Waals surface area (Å²) in [6.07, 6.45) is 5.75. The maximum absolute atomic E-state index is 13.4. The van der Waals surface area contributed by atoms with Crippen molar-refractivity contribution in [2.45, 2.75) is 57.0 Å². The highest BCUT2D eigenvalue weighted by Gasteiger charge is 2.28. The summed E-state index contributed by atoms with van der Waals surface area (Å²) in [5, 5.41) is 2.84. The number of carbonyl (C=O) groups excluding carboxylic acids is 1. The normalized spacial score (nSPS) is 14.5. The highest BCUT2D eigenvalue weighted by Crippen LogP contribution is 2.27. The molecule has 0 bridgehead atoms. The van der Waals surface area contributed by atoms with E-state index in [-0.39, 0.29) is 17.3 Å². The largest absolute Gasteiger partial charge is 0.378 e. The van der Waals surface area contributed by atoms with Gasteiger partial charge in [0.1, 0.15) is 6.54 Å². The van der Waals surface area contributed by atoms with Crippen LogP contribution in [0, 0.1) is 13.8 Å². The minimum absolute atomic E-state index is 0.160. The number of benzene rings is 2. The average Bonchev–Trinajstić information content (AvgIpc) is 3.26. The second kappa shape index (κ2) is 10.8. The molecule has 0 aliphatic heterocycles. The number of sulfonamides is 1. The minimum Gasteiger partial charge on any atom is -0.378 e. The van der Waals surface area contributed by atoms with Crippen LogP contribution in [0.1, 0.15) is 43.2 Å². The molecular formula is C24H32N2O4S. The first-order valence-corrected chi connectivity index (χ1v) is 12.4. The van der Waals surface area contributed by atoms with Crippen molar-refractivity contribution in [2.24, 2.45) is 0 Å². The molecule has 168 valence electrons. The van der Waals surface area contributed by atoms with E-state index in [4.69, 9.17) is 4.74 Å². The summed E-state index contributed by atoms with van der Waals surface area (Å²) in [5.41, 5.74) is 2.34. The fourth-order valence-corrected chi connectivity index (χ4v) is 5.40. The zero-order chi connectivity index (χ0) is 22.3. The van der Waals surface area contributed by atoms with Gasteiger partial charge in [0.15, 0.2) is 0 Å². The number of hydrogen-bond donors (Lipinski definition) is 1. The monoisotopic (exact) mass is 444 g/mol. The molecule has 6 nitrogen and oxygen atoms in total. The lowest BCUT2D eigenvalue weighted by atomic mass is 10.1. The Bertz CT molecular complexity index is 970. The van der Waals surface area contributed by atoms with Crippen LogP contribution in [-0.2, 0) is 19.6 Å². The third kappa shape index (κ3) is 6.31. The van der Waals surface area contributed by atoms with Gasteiger partial charge in [-0.15, -0.1) is 0 Å². The summed E-state index contributed by atoms with van der Waals surface area (Å²) in [6.45, 7) is 4.59. The number of ether oxygens (including phenoxy) is 1.